The Kier molecular flexibility index (Phi) is 3.77. The summed E-state index contributed by atoms with van der Waals surface area (Å²) in [5, 5.41) is 10.5. The van der Waals surface area contributed by atoms with E-state index in [2.05, 4.69) is 9.97 Å². The molecular weight excluding hydrogens is 244 g/mol. The van der Waals surface area contributed by atoms with Crippen LogP contribution in [0.3, 0.4) is 0 Å². The SMILES string of the molecule is OCc1cc(Cl)ccc1Sc1ncccn1. The molecular formula is C11H9ClN2OS. The Labute approximate surface area is 103 Å². The molecule has 0 bridgehead atoms. The van der Waals surface area contributed by atoms with Gasteiger partial charge in [0.05, 0.1) is 6.61 Å². The minimum absolute atomic E-state index is 0.0459. The smallest absolute Gasteiger partial charge is 0.192 e. The molecule has 82 valence electrons. The minimum Gasteiger partial charge on any atom is -0.392 e. The van der Waals surface area contributed by atoms with Gasteiger partial charge in [0.25, 0.3) is 0 Å². The highest BCUT2D eigenvalue weighted by Crippen LogP contribution is 2.29. The Balaban J connectivity index is 2.28. The fourth-order valence-electron chi connectivity index (χ4n) is 1.21. The summed E-state index contributed by atoms with van der Waals surface area (Å²) in [5.74, 6) is 0. The van der Waals surface area contributed by atoms with Gasteiger partial charge < -0.3 is 5.11 Å². The van der Waals surface area contributed by atoms with Gasteiger partial charge in [0.2, 0.25) is 0 Å². The number of benzene rings is 1. The predicted octanol–water partition coefficient (Wildman–Crippen LogP) is 2.77. The summed E-state index contributed by atoms with van der Waals surface area (Å²) in [4.78, 5) is 9.13. The quantitative estimate of drug-likeness (QED) is 0.854. The topological polar surface area (TPSA) is 46.0 Å². The highest BCUT2D eigenvalue weighted by Gasteiger charge is 2.05. The van der Waals surface area contributed by atoms with Crippen molar-refractivity contribution in [3.8, 4) is 0 Å². The first kappa shape index (κ1) is 11.4. The van der Waals surface area contributed by atoms with E-state index in [0.29, 0.717) is 10.2 Å². The maximum absolute atomic E-state index is 9.21. The van der Waals surface area contributed by atoms with Gasteiger partial charge >= 0.3 is 0 Å². The number of hydrogen-bond acceptors (Lipinski definition) is 4. The normalized spacial score (nSPS) is 10.4. The standard InChI is InChI=1S/C11H9ClN2OS/c12-9-2-3-10(8(6-9)7-15)16-11-13-4-1-5-14-11/h1-6,15H,7H2. The highest BCUT2D eigenvalue weighted by atomic mass is 35.5. The van der Waals surface area contributed by atoms with E-state index in [9.17, 15) is 5.11 Å². The maximum Gasteiger partial charge on any atom is 0.192 e. The van der Waals surface area contributed by atoms with E-state index in [-0.39, 0.29) is 6.61 Å². The van der Waals surface area contributed by atoms with Crippen molar-refractivity contribution in [1.82, 2.24) is 9.97 Å². The third-order valence-electron chi connectivity index (χ3n) is 1.94. The highest BCUT2D eigenvalue weighted by molar-refractivity contribution is 7.99. The molecule has 2 rings (SSSR count). The molecule has 0 saturated heterocycles. The lowest BCUT2D eigenvalue weighted by atomic mass is 10.2. The van der Waals surface area contributed by atoms with E-state index in [0.717, 1.165) is 10.5 Å². The number of hydrogen-bond donors (Lipinski definition) is 1. The van der Waals surface area contributed by atoms with Gasteiger partial charge in [-0.1, -0.05) is 11.6 Å². The van der Waals surface area contributed by atoms with Gasteiger partial charge in [-0.15, -0.1) is 0 Å². The maximum atomic E-state index is 9.21. The Morgan fingerprint density at radius 2 is 2.00 bits per heavy atom. The van der Waals surface area contributed by atoms with Crippen LogP contribution in [0.2, 0.25) is 5.02 Å². The number of rotatable bonds is 3. The lowest BCUT2D eigenvalue weighted by Gasteiger charge is -2.05. The molecule has 1 aromatic heterocycles. The molecule has 1 aromatic carbocycles. The second-order valence-corrected chi connectivity index (χ2v) is 4.49. The van der Waals surface area contributed by atoms with Gasteiger partial charge in [-0.25, -0.2) is 9.97 Å². The van der Waals surface area contributed by atoms with Crippen molar-refractivity contribution in [2.45, 2.75) is 16.7 Å². The monoisotopic (exact) mass is 252 g/mol. The summed E-state index contributed by atoms with van der Waals surface area (Å²) in [6.45, 7) is -0.0459. The second-order valence-electron chi connectivity index (χ2n) is 3.04. The van der Waals surface area contributed by atoms with Crippen molar-refractivity contribution in [3.05, 3.63) is 47.2 Å². The molecule has 1 N–H and O–H groups in total. The van der Waals surface area contributed by atoms with Crippen LogP contribution in [-0.2, 0) is 6.61 Å². The first-order valence-electron chi connectivity index (χ1n) is 4.64. The van der Waals surface area contributed by atoms with Crippen molar-refractivity contribution in [2.75, 3.05) is 0 Å². The summed E-state index contributed by atoms with van der Waals surface area (Å²) in [6.07, 6.45) is 3.37. The van der Waals surface area contributed by atoms with Crippen molar-refractivity contribution in [1.29, 1.82) is 0 Å². The van der Waals surface area contributed by atoms with E-state index < -0.39 is 0 Å². The van der Waals surface area contributed by atoms with Crippen molar-refractivity contribution < 1.29 is 5.11 Å². The molecule has 2 aromatic rings. The molecule has 1 heterocycles. The van der Waals surface area contributed by atoms with E-state index in [1.807, 2.05) is 6.07 Å². The fourth-order valence-corrected chi connectivity index (χ4v) is 2.22. The van der Waals surface area contributed by atoms with Gasteiger partial charge in [-0.05, 0) is 41.6 Å². The number of aromatic nitrogens is 2. The summed E-state index contributed by atoms with van der Waals surface area (Å²) in [7, 11) is 0. The molecule has 0 radical (unpaired) electrons. The zero-order valence-corrected chi connectivity index (χ0v) is 9.87. The van der Waals surface area contributed by atoms with Crippen LogP contribution in [0.5, 0.6) is 0 Å². The van der Waals surface area contributed by atoms with Gasteiger partial charge in [-0.3, -0.25) is 0 Å². The van der Waals surface area contributed by atoms with Crippen LogP contribution in [0.25, 0.3) is 0 Å². The van der Waals surface area contributed by atoms with Crippen LogP contribution in [0.1, 0.15) is 5.56 Å². The van der Waals surface area contributed by atoms with Gasteiger partial charge in [0.1, 0.15) is 0 Å². The average molecular weight is 253 g/mol. The van der Waals surface area contributed by atoms with Gasteiger partial charge in [0.15, 0.2) is 5.16 Å². The van der Waals surface area contributed by atoms with E-state index in [1.165, 1.54) is 11.8 Å². The summed E-state index contributed by atoms with van der Waals surface area (Å²) < 4.78 is 0. The predicted molar refractivity (Wildman–Crippen MR) is 63.5 cm³/mol. The van der Waals surface area contributed by atoms with Crippen LogP contribution in [0.4, 0.5) is 0 Å². The Morgan fingerprint density at radius 3 is 2.69 bits per heavy atom. The molecule has 0 unspecified atom stereocenters. The zero-order chi connectivity index (χ0) is 11.4. The largest absolute Gasteiger partial charge is 0.392 e. The second kappa shape index (κ2) is 5.30. The molecule has 0 fully saturated rings. The van der Waals surface area contributed by atoms with Gasteiger partial charge in [0, 0.05) is 22.3 Å². The molecule has 3 nitrogen and oxygen atoms in total. The van der Waals surface area contributed by atoms with E-state index in [1.54, 1.807) is 30.6 Å². The molecule has 0 atom stereocenters. The first-order valence-corrected chi connectivity index (χ1v) is 5.83. The van der Waals surface area contributed by atoms with Crippen LogP contribution >= 0.6 is 23.4 Å². The third-order valence-corrected chi connectivity index (χ3v) is 3.18. The van der Waals surface area contributed by atoms with Crippen molar-refractivity contribution in [2.24, 2.45) is 0 Å². The Morgan fingerprint density at radius 1 is 1.25 bits per heavy atom. The zero-order valence-electron chi connectivity index (χ0n) is 8.30. The van der Waals surface area contributed by atoms with E-state index in [4.69, 9.17) is 11.6 Å². The number of aliphatic hydroxyl groups is 1. The lowest BCUT2D eigenvalue weighted by molar-refractivity contribution is 0.279. The summed E-state index contributed by atoms with van der Waals surface area (Å²) in [5.41, 5.74) is 0.782. The number of aliphatic hydroxyl groups excluding tert-OH is 1. The fraction of sp³-hybridized carbons (Fsp3) is 0.0909. The van der Waals surface area contributed by atoms with E-state index >= 15 is 0 Å². The summed E-state index contributed by atoms with van der Waals surface area (Å²) in [6, 6.07) is 7.15. The minimum atomic E-state index is -0.0459. The molecule has 0 aliphatic heterocycles. The molecule has 0 aliphatic rings. The van der Waals surface area contributed by atoms with Crippen LogP contribution in [-0.4, -0.2) is 15.1 Å². The summed E-state index contributed by atoms with van der Waals surface area (Å²) >= 11 is 7.25. The lowest BCUT2D eigenvalue weighted by Crippen LogP contribution is -1.89. The van der Waals surface area contributed by atoms with Crippen LogP contribution < -0.4 is 0 Å². The molecule has 0 aliphatic carbocycles. The first-order chi connectivity index (χ1) is 7.79. The molecule has 0 spiro atoms. The average Bonchev–Trinajstić information content (AvgIpc) is 2.33. The number of nitrogens with zero attached hydrogens (tertiary/aromatic N) is 2. The van der Waals surface area contributed by atoms with Crippen LogP contribution in [0.15, 0.2) is 46.7 Å². The Bertz CT molecular complexity index is 479. The van der Waals surface area contributed by atoms with Gasteiger partial charge in [-0.2, -0.15) is 0 Å². The molecule has 5 heteroatoms. The third kappa shape index (κ3) is 2.72. The number of halogens is 1. The molecule has 0 amide bonds. The van der Waals surface area contributed by atoms with Crippen LogP contribution in [0, 0.1) is 0 Å². The van der Waals surface area contributed by atoms with Crippen molar-refractivity contribution >= 4 is 23.4 Å². The molecule has 16 heavy (non-hydrogen) atoms. The van der Waals surface area contributed by atoms with Crippen molar-refractivity contribution in [3.63, 3.8) is 0 Å². The molecule has 0 saturated carbocycles. The Hall–Kier alpha value is -1.10.